The van der Waals surface area contributed by atoms with Gasteiger partial charge in [-0.2, -0.15) is 0 Å². The molecule has 0 saturated carbocycles. The Bertz CT molecular complexity index is 1320. The third-order valence-corrected chi connectivity index (χ3v) is 5.68. The van der Waals surface area contributed by atoms with Gasteiger partial charge in [0.25, 0.3) is 0 Å². The van der Waals surface area contributed by atoms with Crippen molar-refractivity contribution in [1.82, 2.24) is 25.3 Å². The topological polar surface area (TPSA) is 95.6 Å². The SMILES string of the molecule is CCNC(=O)Nc1nc2cc(-c3cnc4c(c3)CCCC4)cc(-c3ncccc3F)c2[nH]1. The summed E-state index contributed by atoms with van der Waals surface area (Å²) in [5.41, 5.74) is 6.24. The molecule has 0 fully saturated rings. The molecule has 4 aromatic rings. The smallest absolute Gasteiger partial charge is 0.321 e. The lowest BCUT2D eigenvalue weighted by molar-refractivity contribution is 0.252. The van der Waals surface area contributed by atoms with E-state index in [-0.39, 0.29) is 17.7 Å². The number of H-pyrrole nitrogens is 1. The summed E-state index contributed by atoms with van der Waals surface area (Å²) in [6.07, 6.45) is 7.78. The minimum absolute atomic E-state index is 0.221. The van der Waals surface area contributed by atoms with Crippen LogP contribution in [0.3, 0.4) is 0 Å². The molecule has 1 aliphatic carbocycles. The number of hydrogen-bond donors (Lipinski definition) is 3. The molecule has 162 valence electrons. The molecule has 0 unspecified atom stereocenters. The zero-order valence-electron chi connectivity index (χ0n) is 17.7. The van der Waals surface area contributed by atoms with Crippen LogP contribution in [0, 0.1) is 5.82 Å². The van der Waals surface area contributed by atoms with E-state index < -0.39 is 5.82 Å². The number of halogens is 1. The van der Waals surface area contributed by atoms with Crippen molar-refractivity contribution in [3.05, 3.63) is 59.8 Å². The molecule has 2 amide bonds. The molecule has 0 radical (unpaired) electrons. The molecular formula is C24H23FN6O. The number of imidazole rings is 1. The first-order valence-electron chi connectivity index (χ1n) is 10.8. The van der Waals surface area contributed by atoms with E-state index in [0.29, 0.717) is 23.1 Å². The number of nitrogens with zero attached hydrogens (tertiary/aromatic N) is 3. The van der Waals surface area contributed by atoms with Gasteiger partial charge in [-0.3, -0.25) is 15.3 Å². The number of rotatable bonds is 4. The average molecular weight is 430 g/mol. The lowest BCUT2D eigenvalue weighted by Gasteiger charge is -2.16. The van der Waals surface area contributed by atoms with E-state index in [1.165, 1.54) is 18.1 Å². The summed E-state index contributed by atoms with van der Waals surface area (Å²) in [4.78, 5) is 28.5. The van der Waals surface area contributed by atoms with Crippen LogP contribution in [0.25, 0.3) is 33.4 Å². The van der Waals surface area contributed by atoms with Crippen molar-refractivity contribution in [2.45, 2.75) is 32.6 Å². The fourth-order valence-corrected chi connectivity index (χ4v) is 4.17. The predicted molar refractivity (Wildman–Crippen MR) is 122 cm³/mol. The van der Waals surface area contributed by atoms with Crippen molar-refractivity contribution in [3.63, 3.8) is 0 Å². The van der Waals surface area contributed by atoms with E-state index in [0.717, 1.165) is 36.1 Å². The average Bonchev–Trinajstić information content (AvgIpc) is 3.21. The third kappa shape index (κ3) is 3.79. The van der Waals surface area contributed by atoms with E-state index in [4.69, 9.17) is 0 Å². The number of pyridine rings is 2. The van der Waals surface area contributed by atoms with Gasteiger partial charge < -0.3 is 10.3 Å². The Hall–Kier alpha value is -3.81. The summed E-state index contributed by atoms with van der Waals surface area (Å²) in [5.74, 6) is -0.147. The largest absolute Gasteiger partial charge is 0.338 e. The molecule has 32 heavy (non-hydrogen) atoms. The molecule has 5 rings (SSSR count). The van der Waals surface area contributed by atoms with Crippen molar-refractivity contribution in [1.29, 1.82) is 0 Å². The Labute approximate surface area is 184 Å². The molecule has 0 saturated heterocycles. The van der Waals surface area contributed by atoms with E-state index in [9.17, 15) is 9.18 Å². The standard InChI is InChI=1S/C24H23FN6O/c1-2-26-24(32)31-23-29-20-12-15(16-10-14-6-3-4-8-19(14)28-13-16)11-17(22(20)30-23)21-18(25)7-5-9-27-21/h5,7,9-13H,2-4,6,8H2,1H3,(H3,26,29,30,31,32). The molecule has 3 aromatic heterocycles. The van der Waals surface area contributed by atoms with Crippen LogP contribution in [0.5, 0.6) is 0 Å². The Balaban J connectivity index is 1.66. The number of aromatic amines is 1. The van der Waals surface area contributed by atoms with E-state index in [2.05, 4.69) is 36.6 Å². The molecule has 0 spiro atoms. The first-order chi connectivity index (χ1) is 15.6. The highest BCUT2D eigenvalue weighted by Gasteiger charge is 2.18. The van der Waals surface area contributed by atoms with Crippen molar-refractivity contribution in [2.75, 3.05) is 11.9 Å². The first kappa shape index (κ1) is 20.1. The maximum absolute atomic E-state index is 14.7. The maximum Gasteiger partial charge on any atom is 0.321 e. The van der Waals surface area contributed by atoms with E-state index in [1.54, 1.807) is 12.3 Å². The Morgan fingerprint density at radius 2 is 2.03 bits per heavy atom. The zero-order chi connectivity index (χ0) is 22.1. The van der Waals surface area contributed by atoms with E-state index in [1.807, 2.05) is 25.3 Å². The number of carbonyl (C=O) groups excluding carboxylic acids is 1. The monoisotopic (exact) mass is 430 g/mol. The molecule has 3 heterocycles. The number of fused-ring (bicyclic) bond motifs is 2. The lowest BCUT2D eigenvalue weighted by Crippen LogP contribution is -2.28. The predicted octanol–water partition coefficient (Wildman–Crippen LogP) is 4.85. The first-order valence-corrected chi connectivity index (χ1v) is 10.8. The fraction of sp³-hybridized carbons (Fsp3) is 0.250. The highest BCUT2D eigenvalue weighted by molar-refractivity contribution is 5.98. The van der Waals surface area contributed by atoms with Crippen molar-refractivity contribution in [2.24, 2.45) is 0 Å². The molecule has 0 aliphatic heterocycles. The molecule has 0 bridgehead atoms. The summed E-state index contributed by atoms with van der Waals surface area (Å²) in [7, 11) is 0. The van der Waals surface area contributed by atoms with Crippen LogP contribution in [-0.4, -0.2) is 32.5 Å². The summed E-state index contributed by atoms with van der Waals surface area (Å²) in [6, 6.07) is 8.56. The molecule has 1 aliphatic rings. The fourth-order valence-electron chi connectivity index (χ4n) is 4.17. The Morgan fingerprint density at radius 1 is 1.16 bits per heavy atom. The van der Waals surface area contributed by atoms with Crippen LogP contribution in [0.15, 0.2) is 42.7 Å². The van der Waals surface area contributed by atoms with Gasteiger partial charge in [0.2, 0.25) is 5.95 Å². The van der Waals surface area contributed by atoms with Crippen LogP contribution >= 0.6 is 0 Å². The molecule has 7 nitrogen and oxygen atoms in total. The zero-order valence-corrected chi connectivity index (χ0v) is 17.7. The van der Waals surface area contributed by atoms with Crippen LogP contribution in [0.1, 0.15) is 31.0 Å². The number of hydrogen-bond acceptors (Lipinski definition) is 4. The quantitative estimate of drug-likeness (QED) is 0.431. The Morgan fingerprint density at radius 3 is 2.88 bits per heavy atom. The maximum atomic E-state index is 14.7. The van der Waals surface area contributed by atoms with Gasteiger partial charge >= 0.3 is 6.03 Å². The number of aromatic nitrogens is 4. The summed E-state index contributed by atoms with van der Waals surface area (Å²) >= 11 is 0. The lowest BCUT2D eigenvalue weighted by atomic mass is 9.93. The van der Waals surface area contributed by atoms with Crippen molar-refractivity contribution >= 4 is 23.0 Å². The van der Waals surface area contributed by atoms with Crippen molar-refractivity contribution < 1.29 is 9.18 Å². The third-order valence-electron chi connectivity index (χ3n) is 5.68. The second kappa shape index (κ2) is 8.37. The van der Waals surface area contributed by atoms with Crippen LogP contribution in [-0.2, 0) is 12.8 Å². The highest BCUT2D eigenvalue weighted by atomic mass is 19.1. The molecule has 1 aromatic carbocycles. The van der Waals surface area contributed by atoms with Gasteiger partial charge in [-0.1, -0.05) is 0 Å². The number of urea groups is 1. The minimum atomic E-state index is -0.428. The summed E-state index contributed by atoms with van der Waals surface area (Å²) < 4.78 is 14.7. The number of anilines is 1. The molecule has 8 heteroatoms. The summed E-state index contributed by atoms with van der Waals surface area (Å²) in [5, 5.41) is 5.35. The van der Waals surface area contributed by atoms with Gasteiger partial charge in [0.1, 0.15) is 11.5 Å². The van der Waals surface area contributed by atoms with Gasteiger partial charge in [-0.25, -0.2) is 14.2 Å². The van der Waals surface area contributed by atoms with Crippen LogP contribution < -0.4 is 10.6 Å². The van der Waals surface area contributed by atoms with Crippen LogP contribution in [0.2, 0.25) is 0 Å². The van der Waals surface area contributed by atoms with Gasteiger partial charge in [-0.05, 0) is 74.1 Å². The van der Waals surface area contributed by atoms with Gasteiger partial charge in [-0.15, -0.1) is 0 Å². The van der Waals surface area contributed by atoms with Crippen molar-refractivity contribution in [3.8, 4) is 22.4 Å². The van der Waals surface area contributed by atoms with Gasteiger partial charge in [0.15, 0.2) is 0 Å². The number of aryl methyl sites for hydroxylation is 2. The van der Waals surface area contributed by atoms with Gasteiger partial charge in [0, 0.05) is 35.8 Å². The normalized spacial score (nSPS) is 13.1. The summed E-state index contributed by atoms with van der Waals surface area (Å²) in [6.45, 7) is 2.32. The molecule has 3 N–H and O–H groups in total. The number of carbonyl (C=O) groups is 1. The minimum Gasteiger partial charge on any atom is -0.338 e. The molecule has 0 atom stereocenters. The second-order valence-corrected chi connectivity index (χ2v) is 7.86. The number of benzene rings is 1. The second-order valence-electron chi connectivity index (χ2n) is 7.86. The highest BCUT2D eigenvalue weighted by Crippen LogP contribution is 2.35. The molecular weight excluding hydrogens is 407 g/mol. The number of amides is 2. The van der Waals surface area contributed by atoms with Crippen LogP contribution in [0.4, 0.5) is 15.1 Å². The van der Waals surface area contributed by atoms with E-state index >= 15 is 0 Å². The van der Waals surface area contributed by atoms with Gasteiger partial charge in [0.05, 0.1) is 11.0 Å². The number of nitrogens with one attached hydrogen (secondary N) is 3. The Kier molecular flexibility index (Phi) is 5.26.